The molecule has 0 bridgehead atoms. The van der Waals surface area contributed by atoms with Crippen LogP contribution in [0, 0.1) is 0 Å². The zero-order valence-electron chi connectivity index (χ0n) is 9.44. The summed E-state index contributed by atoms with van der Waals surface area (Å²) in [6, 6.07) is 4.60. The number of rotatable bonds is 4. The smallest absolute Gasteiger partial charge is 0.239 e. The van der Waals surface area contributed by atoms with Crippen LogP contribution in [0.3, 0.4) is 0 Å². The molecule has 0 aliphatic rings. The number of halogens is 1. The topological polar surface area (TPSA) is 89.3 Å². The van der Waals surface area contributed by atoms with Crippen molar-refractivity contribution in [3.05, 3.63) is 28.8 Å². The lowest BCUT2D eigenvalue weighted by Gasteiger charge is -2.08. The van der Waals surface area contributed by atoms with Gasteiger partial charge in [-0.1, -0.05) is 23.8 Å². The van der Waals surface area contributed by atoms with Crippen molar-refractivity contribution in [1.82, 2.24) is 0 Å². The van der Waals surface area contributed by atoms with Crippen LogP contribution >= 0.6 is 23.8 Å². The van der Waals surface area contributed by atoms with Gasteiger partial charge >= 0.3 is 0 Å². The Labute approximate surface area is 115 Å². The molecule has 0 radical (unpaired) electrons. The lowest BCUT2D eigenvalue weighted by molar-refractivity contribution is -0.113. The highest BCUT2D eigenvalue weighted by atomic mass is 35.5. The van der Waals surface area contributed by atoms with Crippen molar-refractivity contribution in [1.29, 1.82) is 0 Å². The summed E-state index contributed by atoms with van der Waals surface area (Å²) >= 11 is 10.7. The van der Waals surface area contributed by atoms with Crippen LogP contribution in [0.5, 0.6) is 0 Å². The summed E-state index contributed by atoms with van der Waals surface area (Å²) in [6.45, 7) is 0. The van der Waals surface area contributed by atoms with Gasteiger partial charge in [0.25, 0.3) is 0 Å². The minimum Gasteiger partial charge on any atom is -0.389 e. The third kappa shape index (κ3) is 4.59. The monoisotopic (exact) mass is 306 g/mol. The number of hydrogen-bond donors (Lipinski definition) is 2. The Bertz CT molecular complexity index is 599. The molecule has 0 saturated heterocycles. The molecule has 0 aliphatic heterocycles. The van der Waals surface area contributed by atoms with E-state index in [0.29, 0.717) is 11.3 Å². The minimum atomic E-state index is -3.37. The van der Waals surface area contributed by atoms with Crippen LogP contribution in [0.4, 0.5) is 5.69 Å². The summed E-state index contributed by atoms with van der Waals surface area (Å²) in [4.78, 5) is 11.6. The first-order chi connectivity index (χ1) is 8.19. The van der Waals surface area contributed by atoms with Gasteiger partial charge in [0.15, 0.2) is 9.84 Å². The van der Waals surface area contributed by atoms with Crippen LogP contribution in [0.1, 0.15) is 5.56 Å². The Kier molecular flexibility index (Phi) is 4.66. The van der Waals surface area contributed by atoms with E-state index in [1.165, 1.54) is 12.1 Å². The summed E-state index contributed by atoms with van der Waals surface area (Å²) < 4.78 is 21.9. The number of anilines is 1. The van der Waals surface area contributed by atoms with E-state index in [1.54, 1.807) is 6.07 Å². The Balaban J connectivity index is 2.86. The van der Waals surface area contributed by atoms with Gasteiger partial charge in [0.1, 0.15) is 10.7 Å². The molecule has 0 spiro atoms. The number of nitrogens with two attached hydrogens (primary N) is 1. The average Bonchev–Trinajstić information content (AvgIpc) is 2.17. The van der Waals surface area contributed by atoms with E-state index >= 15 is 0 Å². The molecule has 0 aromatic heterocycles. The second kappa shape index (κ2) is 5.64. The lowest BCUT2D eigenvalue weighted by Crippen LogP contribution is -2.22. The zero-order chi connectivity index (χ0) is 13.9. The largest absolute Gasteiger partial charge is 0.389 e. The van der Waals surface area contributed by atoms with E-state index in [1.807, 2.05) is 0 Å². The zero-order valence-corrected chi connectivity index (χ0v) is 11.8. The molecule has 98 valence electrons. The molecule has 0 unspecified atom stereocenters. The third-order valence-corrected chi connectivity index (χ3v) is 3.26. The van der Waals surface area contributed by atoms with E-state index in [-0.39, 0.29) is 10.0 Å². The van der Waals surface area contributed by atoms with Gasteiger partial charge in [0, 0.05) is 11.8 Å². The highest BCUT2D eigenvalue weighted by Crippen LogP contribution is 2.23. The van der Waals surface area contributed by atoms with Crippen LogP contribution in [0.25, 0.3) is 0 Å². The summed E-state index contributed by atoms with van der Waals surface area (Å²) in [5.74, 6) is -1.25. The highest BCUT2D eigenvalue weighted by molar-refractivity contribution is 7.91. The fourth-order valence-electron chi connectivity index (χ4n) is 1.19. The van der Waals surface area contributed by atoms with Crippen molar-refractivity contribution >= 4 is 50.2 Å². The molecule has 3 N–H and O–H groups in total. The van der Waals surface area contributed by atoms with Gasteiger partial charge in [-0.05, 0) is 18.2 Å². The first-order valence-electron chi connectivity index (χ1n) is 4.76. The average molecular weight is 307 g/mol. The van der Waals surface area contributed by atoms with Gasteiger partial charge in [0.05, 0.1) is 10.7 Å². The fraction of sp³-hybridized carbons (Fsp3) is 0.200. The molecular weight excluding hydrogens is 296 g/mol. The molecular formula is C10H11ClN2O3S2. The lowest BCUT2D eigenvalue weighted by atomic mass is 10.2. The molecule has 1 aromatic carbocycles. The number of carbonyl (C=O) groups is 1. The van der Waals surface area contributed by atoms with Gasteiger partial charge in [0.2, 0.25) is 5.91 Å². The summed E-state index contributed by atoms with van der Waals surface area (Å²) in [5, 5.41) is 2.64. The quantitative estimate of drug-likeness (QED) is 0.809. The van der Waals surface area contributed by atoms with Gasteiger partial charge in [-0.2, -0.15) is 0 Å². The van der Waals surface area contributed by atoms with E-state index < -0.39 is 21.5 Å². The number of hydrogen-bond acceptors (Lipinski definition) is 4. The van der Waals surface area contributed by atoms with Crippen LogP contribution in [0.15, 0.2) is 18.2 Å². The Morgan fingerprint density at radius 3 is 2.56 bits per heavy atom. The van der Waals surface area contributed by atoms with Crippen LogP contribution in [-0.4, -0.2) is 31.3 Å². The number of benzene rings is 1. The first kappa shape index (κ1) is 14.9. The van der Waals surface area contributed by atoms with Crippen LogP contribution < -0.4 is 11.1 Å². The predicted octanol–water partition coefficient (Wildman–Crippen LogP) is 0.957. The fourth-order valence-corrected chi connectivity index (χ4v) is 2.10. The summed E-state index contributed by atoms with van der Waals surface area (Å²) in [6.07, 6.45) is 0.976. The number of sulfone groups is 1. The van der Waals surface area contributed by atoms with Crippen molar-refractivity contribution in [3.63, 3.8) is 0 Å². The number of nitrogens with one attached hydrogen (secondary N) is 1. The standard InChI is InChI=1S/C10H11ClN2O3S2/c1-18(15,16)5-9(14)13-8-3-2-6(10(12)17)4-7(8)11/h2-4H,5H2,1H3,(H2,12,17)(H,13,14). The highest BCUT2D eigenvalue weighted by Gasteiger charge is 2.12. The van der Waals surface area contributed by atoms with E-state index in [2.05, 4.69) is 5.32 Å². The van der Waals surface area contributed by atoms with Crippen molar-refractivity contribution in [3.8, 4) is 0 Å². The van der Waals surface area contributed by atoms with Crippen molar-refractivity contribution in [2.24, 2.45) is 5.73 Å². The molecule has 0 heterocycles. The number of amides is 1. The second-order valence-electron chi connectivity index (χ2n) is 3.68. The van der Waals surface area contributed by atoms with E-state index in [9.17, 15) is 13.2 Å². The molecule has 0 atom stereocenters. The molecule has 0 saturated carbocycles. The molecule has 0 fully saturated rings. The summed E-state index contributed by atoms with van der Waals surface area (Å²) in [7, 11) is -3.37. The molecule has 1 amide bonds. The molecule has 18 heavy (non-hydrogen) atoms. The Morgan fingerprint density at radius 2 is 2.11 bits per heavy atom. The minimum absolute atomic E-state index is 0.186. The maximum atomic E-state index is 11.4. The maximum Gasteiger partial charge on any atom is 0.239 e. The van der Waals surface area contributed by atoms with E-state index in [4.69, 9.17) is 29.6 Å². The number of carbonyl (C=O) groups excluding carboxylic acids is 1. The molecule has 8 heteroatoms. The molecule has 5 nitrogen and oxygen atoms in total. The molecule has 1 rings (SSSR count). The van der Waals surface area contributed by atoms with Gasteiger partial charge < -0.3 is 11.1 Å². The SMILES string of the molecule is CS(=O)(=O)CC(=O)Nc1ccc(C(N)=S)cc1Cl. The predicted molar refractivity (Wildman–Crippen MR) is 75.7 cm³/mol. The van der Waals surface area contributed by atoms with Crippen molar-refractivity contribution in [2.45, 2.75) is 0 Å². The third-order valence-electron chi connectivity index (χ3n) is 1.92. The van der Waals surface area contributed by atoms with Gasteiger partial charge in [-0.3, -0.25) is 4.79 Å². The van der Waals surface area contributed by atoms with E-state index in [0.717, 1.165) is 6.26 Å². The molecule has 0 aliphatic carbocycles. The van der Waals surface area contributed by atoms with Gasteiger partial charge in [-0.15, -0.1) is 0 Å². The Morgan fingerprint density at radius 1 is 1.50 bits per heavy atom. The van der Waals surface area contributed by atoms with Crippen LogP contribution in [0.2, 0.25) is 5.02 Å². The van der Waals surface area contributed by atoms with Crippen molar-refractivity contribution in [2.75, 3.05) is 17.3 Å². The van der Waals surface area contributed by atoms with Gasteiger partial charge in [-0.25, -0.2) is 8.42 Å². The summed E-state index contributed by atoms with van der Waals surface area (Å²) in [5.41, 5.74) is 6.30. The first-order valence-corrected chi connectivity index (χ1v) is 7.60. The Hall–Kier alpha value is -1.18. The normalized spacial score (nSPS) is 11.0. The number of thiocarbonyl (C=S) groups is 1. The van der Waals surface area contributed by atoms with Crippen LogP contribution in [-0.2, 0) is 14.6 Å². The second-order valence-corrected chi connectivity index (χ2v) is 6.66. The van der Waals surface area contributed by atoms with Crippen molar-refractivity contribution < 1.29 is 13.2 Å². The molecule has 1 aromatic rings. The maximum absolute atomic E-state index is 11.4.